The Kier molecular flexibility index (Phi) is 7.14. The van der Waals surface area contributed by atoms with E-state index in [9.17, 15) is 4.79 Å². The summed E-state index contributed by atoms with van der Waals surface area (Å²) in [6.45, 7) is 8.30. The van der Waals surface area contributed by atoms with Crippen LogP contribution in [0.25, 0.3) is 16.7 Å². The molecule has 0 spiro atoms. The van der Waals surface area contributed by atoms with Gasteiger partial charge < -0.3 is 10.6 Å². The topological polar surface area (TPSA) is 89.7 Å². The molecule has 190 valence electrons. The summed E-state index contributed by atoms with van der Waals surface area (Å²) in [7, 11) is 0. The van der Waals surface area contributed by atoms with E-state index in [2.05, 4.69) is 65.6 Å². The molecule has 0 bridgehead atoms. The van der Waals surface area contributed by atoms with Crippen LogP contribution in [0.3, 0.4) is 0 Å². The van der Waals surface area contributed by atoms with Gasteiger partial charge in [-0.15, -0.1) is 24.8 Å². The molecular weight excluding hydrogens is 497 g/mol. The van der Waals surface area contributed by atoms with Crippen LogP contribution < -0.4 is 16.2 Å². The Morgan fingerprint density at radius 2 is 1.86 bits per heavy atom. The van der Waals surface area contributed by atoms with Crippen LogP contribution in [-0.4, -0.2) is 30.9 Å². The van der Waals surface area contributed by atoms with Crippen LogP contribution >= 0.6 is 24.8 Å². The third kappa shape index (κ3) is 4.73. The Hall–Kier alpha value is -2.94. The van der Waals surface area contributed by atoms with Crippen molar-refractivity contribution in [2.24, 2.45) is 0 Å². The number of nitrogens with one attached hydrogen (secondary N) is 2. The van der Waals surface area contributed by atoms with E-state index in [1.54, 1.807) is 6.20 Å². The predicted molar refractivity (Wildman–Crippen MR) is 148 cm³/mol. The van der Waals surface area contributed by atoms with Gasteiger partial charge in [0, 0.05) is 35.7 Å². The van der Waals surface area contributed by atoms with Crippen molar-refractivity contribution in [3.05, 3.63) is 69.9 Å². The van der Waals surface area contributed by atoms with Gasteiger partial charge in [-0.2, -0.15) is 4.98 Å². The zero-order valence-electron chi connectivity index (χ0n) is 20.6. The molecule has 1 fully saturated rings. The lowest BCUT2D eigenvalue weighted by Gasteiger charge is -2.19. The lowest BCUT2D eigenvalue weighted by atomic mass is 9.91. The maximum Gasteiger partial charge on any atom is 0.278 e. The fourth-order valence-corrected chi connectivity index (χ4v) is 4.61. The van der Waals surface area contributed by atoms with Crippen molar-refractivity contribution in [2.75, 3.05) is 11.9 Å². The number of hydrogen-bond acceptors (Lipinski definition) is 6. The van der Waals surface area contributed by atoms with Crippen molar-refractivity contribution in [1.29, 1.82) is 0 Å². The van der Waals surface area contributed by atoms with Gasteiger partial charge in [-0.25, -0.2) is 14.3 Å². The molecule has 0 radical (unpaired) electrons. The Balaban J connectivity index is 0.00000152. The lowest BCUT2D eigenvalue weighted by Crippen LogP contribution is -2.23. The number of anilines is 2. The van der Waals surface area contributed by atoms with Crippen molar-refractivity contribution in [2.45, 2.75) is 58.0 Å². The molecule has 3 aromatic heterocycles. The molecule has 0 atom stereocenters. The molecule has 0 saturated heterocycles. The fourth-order valence-electron chi connectivity index (χ4n) is 4.61. The smallest absolute Gasteiger partial charge is 0.278 e. The maximum atomic E-state index is 13.3. The highest BCUT2D eigenvalue weighted by atomic mass is 35.5. The maximum absolute atomic E-state index is 13.3. The molecule has 36 heavy (non-hydrogen) atoms. The molecule has 1 aliphatic carbocycles. The van der Waals surface area contributed by atoms with E-state index in [1.165, 1.54) is 11.1 Å². The summed E-state index contributed by atoms with van der Waals surface area (Å²) in [4.78, 5) is 27.2. The number of halogens is 2. The van der Waals surface area contributed by atoms with E-state index in [1.807, 2.05) is 21.6 Å². The van der Waals surface area contributed by atoms with E-state index in [4.69, 9.17) is 4.98 Å². The molecule has 2 aliphatic rings. The minimum Gasteiger partial charge on any atom is -0.324 e. The van der Waals surface area contributed by atoms with E-state index in [0.29, 0.717) is 17.0 Å². The fraction of sp³-hybridized carbons (Fsp3) is 0.385. The molecule has 10 heteroatoms. The molecule has 2 N–H and O–H groups in total. The zero-order chi connectivity index (χ0) is 23.4. The molecule has 0 unspecified atom stereocenters. The van der Waals surface area contributed by atoms with Crippen LogP contribution in [0.2, 0.25) is 0 Å². The summed E-state index contributed by atoms with van der Waals surface area (Å²) < 4.78 is 3.80. The third-order valence-corrected chi connectivity index (χ3v) is 6.62. The molecule has 1 aromatic carbocycles. The summed E-state index contributed by atoms with van der Waals surface area (Å²) in [5.74, 6) is 0.475. The molecule has 4 aromatic rings. The van der Waals surface area contributed by atoms with Gasteiger partial charge in [0.15, 0.2) is 5.65 Å². The van der Waals surface area contributed by atoms with Gasteiger partial charge in [0.2, 0.25) is 5.95 Å². The molecule has 1 saturated carbocycles. The van der Waals surface area contributed by atoms with Crippen LogP contribution in [0.5, 0.6) is 0 Å². The second-order valence-corrected chi connectivity index (χ2v) is 10.3. The zero-order valence-corrected chi connectivity index (χ0v) is 22.2. The molecule has 0 amide bonds. The summed E-state index contributed by atoms with van der Waals surface area (Å²) >= 11 is 0. The molecule has 8 nitrogen and oxygen atoms in total. The van der Waals surface area contributed by atoms with Crippen LogP contribution in [0, 0.1) is 0 Å². The third-order valence-electron chi connectivity index (χ3n) is 6.62. The van der Waals surface area contributed by atoms with Crippen LogP contribution in [0.4, 0.5) is 11.6 Å². The summed E-state index contributed by atoms with van der Waals surface area (Å²) in [5.41, 5.74) is 5.94. The molecule has 4 heterocycles. The molecule has 6 rings (SSSR count). The second-order valence-electron chi connectivity index (χ2n) is 10.3. The summed E-state index contributed by atoms with van der Waals surface area (Å²) in [6, 6.07) is 10.6. The highest BCUT2D eigenvalue weighted by Crippen LogP contribution is 2.36. The number of hydrogen-bond donors (Lipinski definition) is 2. The minimum atomic E-state index is -0.104. The van der Waals surface area contributed by atoms with Gasteiger partial charge in [0.25, 0.3) is 5.56 Å². The van der Waals surface area contributed by atoms with Gasteiger partial charge in [-0.3, -0.25) is 9.78 Å². The van der Waals surface area contributed by atoms with Crippen LogP contribution in [-0.2, 0) is 18.4 Å². The van der Waals surface area contributed by atoms with Gasteiger partial charge in [-0.05, 0) is 61.2 Å². The first kappa shape index (κ1) is 26.1. The average molecular weight is 528 g/mol. The Morgan fingerprint density at radius 3 is 2.61 bits per heavy atom. The number of nitrogens with zero attached hydrogens (tertiary/aromatic N) is 5. The van der Waals surface area contributed by atoms with E-state index in [-0.39, 0.29) is 41.8 Å². The van der Waals surface area contributed by atoms with E-state index < -0.39 is 0 Å². The van der Waals surface area contributed by atoms with Gasteiger partial charge in [0.1, 0.15) is 5.39 Å². The van der Waals surface area contributed by atoms with Gasteiger partial charge >= 0.3 is 0 Å². The van der Waals surface area contributed by atoms with E-state index in [0.717, 1.165) is 49.4 Å². The number of fused-ring (bicyclic) bond motifs is 2. The largest absolute Gasteiger partial charge is 0.324 e. The predicted octanol–water partition coefficient (Wildman–Crippen LogP) is 4.84. The monoisotopic (exact) mass is 527 g/mol. The number of aromatic nitrogens is 5. The summed E-state index contributed by atoms with van der Waals surface area (Å²) in [5, 5.41) is 7.29. The standard InChI is InChI=1S/C26H29N7O.2ClH/c1-26(2,3)22-13-20(9-11-28-22)32-23-21(24(34)33(32)19-6-7-19)15-29-25(31-23)30-18-5-4-16-8-10-27-14-17(16)12-18;;/h4-5,9,11-13,15,19,27H,6-8,10,14H2,1-3H3,(H,29,30,31);2*1H. The number of rotatable bonds is 4. The van der Waals surface area contributed by atoms with Crippen molar-refractivity contribution >= 4 is 47.5 Å². The average Bonchev–Trinajstić information content (AvgIpc) is 3.62. The van der Waals surface area contributed by atoms with Crippen LogP contribution in [0.15, 0.2) is 47.5 Å². The van der Waals surface area contributed by atoms with Gasteiger partial charge in [0.05, 0.1) is 11.7 Å². The first-order valence-electron chi connectivity index (χ1n) is 12.0. The highest BCUT2D eigenvalue weighted by molar-refractivity contribution is 5.85. The van der Waals surface area contributed by atoms with Gasteiger partial charge in [-0.1, -0.05) is 26.8 Å². The van der Waals surface area contributed by atoms with Crippen LogP contribution in [0.1, 0.15) is 56.5 Å². The number of benzene rings is 1. The number of pyridine rings is 1. The second kappa shape index (κ2) is 9.84. The quantitative estimate of drug-likeness (QED) is 0.394. The Bertz CT molecular complexity index is 1470. The van der Waals surface area contributed by atoms with E-state index >= 15 is 0 Å². The Labute approximate surface area is 222 Å². The van der Waals surface area contributed by atoms with Crippen molar-refractivity contribution < 1.29 is 0 Å². The van der Waals surface area contributed by atoms with Crippen molar-refractivity contribution in [3.8, 4) is 5.69 Å². The SMILES string of the molecule is CC(C)(C)c1cc(-n2c3nc(Nc4ccc5c(c4)CNCC5)ncc3c(=O)n2C2CC2)ccn1.Cl.Cl. The Morgan fingerprint density at radius 1 is 1.06 bits per heavy atom. The normalized spacial score (nSPS) is 15.1. The first-order chi connectivity index (χ1) is 16.4. The minimum absolute atomic E-state index is 0. The van der Waals surface area contributed by atoms with Crippen molar-refractivity contribution in [3.63, 3.8) is 0 Å². The van der Waals surface area contributed by atoms with Crippen molar-refractivity contribution in [1.82, 2.24) is 29.6 Å². The molecular formula is C26H31Cl2N7O. The molecule has 1 aliphatic heterocycles. The highest BCUT2D eigenvalue weighted by Gasteiger charge is 2.31. The lowest BCUT2D eigenvalue weighted by molar-refractivity contribution is 0.549. The summed E-state index contributed by atoms with van der Waals surface area (Å²) in [6.07, 6.45) is 6.49. The first-order valence-corrected chi connectivity index (χ1v) is 12.0.